The summed E-state index contributed by atoms with van der Waals surface area (Å²) in [6.07, 6.45) is 1.32. The van der Waals surface area contributed by atoms with Gasteiger partial charge in [-0.3, -0.25) is 0 Å². The highest BCUT2D eigenvalue weighted by Crippen LogP contribution is 2.22. The fourth-order valence-corrected chi connectivity index (χ4v) is 2.51. The van der Waals surface area contributed by atoms with Crippen molar-refractivity contribution in [1.82, 2.24) is 15.0 Å². The van der Waals surface area contributed by atoms with Gasteiger partial charge in [-0.2, -0.15) is 4.98 Å². The van der Waals surface area contributed by atoms with Crippen LogP contribution in [0.25, 0.3) is 11.0 Å². The highest BCUT2D eigenvalue weighted by Gasteiger charge is 2.08. The molecule has 0 unspecified atom stereocenters. The average molecular weight is 302 g/mol. The van der Waals surface area contributed by atoms with Crippen LogP contribution in [-0.2, 0) is 5.75 Å². The summed E-state index contributed by atoms with van der Waals surface area (Å²) in [7, 11) is 0. The third-order valence-electron chi connectivity index (χ3n) is 2.72. The number of hydrogen-bond donors (Lipinski definition) is 2. The van der Waals surface area contributed by atoms with Gasteiger partial charge >= 0.3 is 5.63 Å². The first-order valence-electron chi connectivity index (χ1n) is 5.95. The van der Waals surface area contributed by atoms with E-state index in [1.807, 2.05) is 0 Å². The molecule has 3 aromatic rings. The van der Waals surface area contributed by atoms with E-state index in [4.69, 9.17) is 10.2 Å². The van der Waals surface area contributed by atoms with Crippen LogP contribution in [0, 0.1) is 0 Å². The van der Waals surface area contributed by atoms with Crippen LogP contribution in [0.3, 0.4) is 0 Å². The molecule has 0 bridgehead atoms. The van der Waals surface area contributed by atoms with Gasteiger partial charge < -0.3 is 15.3 Å². The zero-order valence-corrected chi connectivity index (χ0v) is 11.5. The van der Waals surface area contributed by atoms with E-state index in [0.717, 1.165) is 5.39 Å². The van der Waals surface area contributed by atoms with E-state index in [0.29, 0.717) is 22.1 Å². The van der Waals surface area contributed by atoms with Crippen molar-refractivity contribution in [2.45, 2.75) is 10.9 Å². The molecule has 1 aromatic carbocycles. The molecule has 0 radical (unpaired) electrons. The van der Waals surface area contributed by atoms with Crippen LogP contribution in [0.15, 0.2) is 45.0 Å². The van der Waals surface area contributed by atoms with Gasteiger partial charge in [-0.25, -0.2) is 14.8 Å². The van der Waals surface area contributed by atoms with Crippen LogP contribution in [0.4, 0.5) is 5.95 Å². The first kappa shape index (κ1) is 13.4. The Kier molecular flexibility index (Phi) is 3.44. The Morgan fingerprint density at radius 2 is 2.14 bits per heavy atom. The maximum atomic E-state index is 11.9. The van der Waals surface area contributed by atoms with E-state index >= 15 is 0 Å². The molecule has 7 nitrogen and oxygen atoms in total. The molecule has 2 heterocycles. The molecule has 0 aliphatic rings. The number of phenols is 1. The lowest BCUT2D eigenvalue weighted by molar-refractivity contribution is 0.473. The summed E-state index contributed by atoms with van der Waals surface area (Å²) in [5, 5.41) is 10.5. The van der Waals surface area contributed by atoms with Gasteiger partial charge in [0.2, 0.25) is 5.95 Å². The predicted molar refractivity (Wildman–Crippen MR) is 77.9 cm³/mol. The van der Waals surface area contributed by atoms with E-state index in [2.05, 4.69) is 15.0 Å². The molecule has 0 atom stereocenters. The Labute approximate surface area is 122 Å². The van der Waals surface area contributed by atoms with Gasteiger partial charge in [-0.15, -0.1) is 0 Å². The highest BCUT2D eigenvalue weighted by atomic mass is 32.2. The number of nitrogen functional groups attached to an aromatic ring is 1. The maximum absolute atomic E-state index is 11.9. The van der Waals surface area contributed by atoms with Gasteiger partial charge in [-0.1, -0.05) is 11.8 Å². The number of thioether (sulfide) groups is 1. The molecule has 2 aromatic heterocycles. The summed E-state index contributed by atoms with van der Waals surface area (Å²) in [4.78, 5) is 23.5. The van der Waals surface area contributed by atoms with E-state index in [1.54, 1.807) is 12.1 Å². The van der Waals surface area contributed by atoms with Crippen molar-refractivity contribution >= 4 is 28.7 Å². The Morgan fingerprint density at radius 1 is 1.29 bits per heavy atom. The molecule has 21 heavy (non-hydrogen) atoms. The molecular formula is C13H10N4O3S. The van der Waals surface area contributed by atoms with E-state index < -0.39 is 5.63 Å². The summed E-state index contributed by atoms with van der Waals surface area (Å²) < 4.78 is 5.18. The second-order valence-corrected chi connectivity index (χ2v) is 5.14. The standard InChI is InChI=1S/C13H10N4O3S/c14-12-15-6-16-13(17-12)21-5-8-3-7-1-2-9(18)4-10(7)20-11(8)19/h1-4,6,18H,5H2,(H2,14,15,16,17). The van der Waals surface area contributed by atoms with Gasteiger partial charge in [0.05, 0.1) is 0 Å². The number of anilines is 1. The highest BCUT2D eigenvalue weighted by molar-refractivity contribution is 7.98. The maximum Gasteiger partial charge on any atom is 0.340 e. The lowest BCUT2D eigenvalue weighted by Crippen LogP contribution is -2.06. The lowest BCUT2D eigenvalue weighted by atomic mass is 10.2. The third-order valence-corrected chi connectivity index (χ3v) is 3.63. The molecule has 0 saturated heterocycles. The molecular weight excluding hydrogens is 292 g/mol. The minimum Gasteiger partial charge on any atom is -0.508 e. The molecule has 0 fully saturated rings. The molecule has 8 heteroatoms. The quantitative estimate of drug-likeness (QED) is 0.553. The molecule has 3 rings (SSSR count). The van der Waals surface area contributed by atoms with Gasteiger partial charge in [0, 0.05) is 22.8 Å². The number of benzene rings is 1. The van der Waals surface area contributed by atoms with Crippen molar-refractivity contribution in [3.8, 4) is 5.75 Å². The topological polar surface area (TPSA) is 115 Å². The SMILES string of the molecule is Nc1ncnc(SCc2cc3ccc(O)cc3oc2=O)n1. The van der Waals surface area contributed by atoms with Crippen molar-refractivity contribution in [1.29, 1.82) is 0 Å². The van der Waals surface area contributed by atoms with Crippen LogP contribution < -0.4 is 11.4 Å². The van der Waals surface area contributed by atoms with Gasteiger partial charge in [0.25, 0.3) is 0 Å². The number of nitrogens with zero attached hydrogens (tertiary/aromatic N) is 3. The first-order valence-corrected chi connectivity index (χ1v) is 6.93. The predicted octanol–water partition coefficient (Wildman–Crippen LogP) is 1.56. The second kappa shape index (κ2) is 5.41. The summed E-state index contributed by atoms with van der Waals surface area (Å²) in [5.74, 6) is 0.532. The van der Waals surface area contributed by atoms with Crippen molar-refractivity contribution in [2.24, 2.45) is 0 Å². The number of rotatable bonds is 3. The van der Waals surface area contributed by atoms with Crippen LogP contribution in [-0.4, -0.2) is 20.1 Å². The lowest BCUT2D eigenvalue weighted by Gasteiger charge is -2.02. The van der Waals surface area contributed by atoms with Crippen LogP contribution in [0.5, 0.6) is 5.75 Å². The fraction of sp³-hybridized carbons (Fsp3) is 0.0769. The van der Waals surface area contributed by atoms with E-state index in [1.165, 1.54) is 30.2 Å². The number of aromatic hydroxyl groups is 1. The van der Waals surface area contributed by atoms with Crippen LogP contribution in [0.1, 0.15) is 5.56 Å². The third kappa shape index (κ3) is 2.95. The number of hydrogen-bond acceptors (Lipinski definition) is 8. The van der Waals surface area contributed by atoms with E-state index in [-0.39, 0.29) is 11.7 Å². The number of phenolic OH excluding ortho intramolecular Hbond substituents is 1. The fourth-order valence-electron chi connectivity index (χ4n) is 1.75. The molecule has 3 N–H and O–H groups in total. The minimum absolute atomic E-state index is 0.0495. The summed E-state index contributed by atoms with van der Waals surface area (Å²) in [6, 6.07) is 6.34. The largest absolute Gasteiger partial charge is 0.508 e. The van der Waals surface area contributed by atoms with Crippen molar-refractivity contribution in [3.63, 3.8) is 0 Å². The minimum atomic E-state index is -0.456. The molecule has 0 amide bonds. The zero-order valence-electron chi connectivity index (χ0n) is 10.7. The molecule has 0 saturated carbocycles. The van der Waals surface area contributed by atoms with Crippen molar-refractivity contribution in [3.05, 3.63) is 46.6 Å². The van der Waals surface area contributed by atoms with Crippen LogP contribution in [0.2, 0.25) is 0 Å². The van der Waals surface area contributed by atoms with E-state index in [9.17, 15) is 9.90 Å². The second-order valence-electron chi connectivity index (χ2n) is 4.20. The Hall–Kier alpha value is -2.61. The average Bonchev–Trinajstić information content (AvgIpc) is 2.45. The number of fused-ring (bicyclic) bond motifs is 1. The normalized spacial score (nSPS) is 10.9. The molecule has 0 spiro atoms. The Morgan fingerprint density at radius 3 is 2.95 bits per heavy atom. The molecule has 106 valence electrons. The van der Waals surface area contributed by atoms with Crippen molar-refractivity contribution < 1.29 is 9.52 Å². The zero-order chi connectivity index (χ0) is 14.8. The van der Waals surface area contributed by atoms with Gasteiger partial charge in [0.15, 0.2) is 5.16 Å². The Balaban J connectivity index is 1.88. The smallest absolute Gasteiger partial charge is 0.340 e. The monoisotopic (exact) mass is 302 g/mol. The molecule has 0 aliphatic heterocycles. The first-order chi connectivity index (χ1) is 10.1. The number of nitrogens with two attached hydrogens (primary N) is 1. The molecule has 0 aliphatic carbocycles. The number of aromatic nitrogens is 3. The summed E-state index contributed by atoms with van der Waals surface area (Å²) in [5.41, 5.74) is 5.84. The summed E-state index contributed by atoms with van der Waals surface area (Å²) in [6.45, 7) is 0. The Bertz CT molecular complexity index is 865. The van der Waals surface area contributed by atoms with Crippen LogP contribution >= 0.6 is 11.8 Å². The van der Waals surface area contributed by atoms with Crippen molar-refractivity contribution in [2.75, 3.05) is 5.73 Å². The summed E-state index contributed by atoms with van der Waals surface area (Å²) >= 11 is 1.26. The van der Waals surface area contributed by atoms with Gasteiger partial charge in [0.1, 0.15) is 17.7 Å². The van der Waals surface area contributed by atoms with Gasteiger partial charge in [-0.05, 0) is 18.2 Å².